The topological polar surface area (TPSA) is 82.5 Å². The molecule has 6 nitrogen and oxygen atoms in total. The van der Waals surface area contributed by atoms with Crippen LogP contribution in [0.25, 0.3) is 0 Å². The number of aromatic nitrogens is 1. The minimum absolute atomic E-state index is 0.202. The first-order valence-corrected chi connectivity index (χ1v) is 7.44. The standard InChI is InChI=1S/C13H19N3O3S/c1-9-10(20-8-15-9)6-16(2)12(19)14-7-13(11(17)18)4-3-5-13/h8H,3-7H2,1-2H3,(H,14,19)(H,17,18). The van der Waals surface area contributed by atoms with Crippen LogP contribution in [0, 0.1) is 12.3 Å². The van der Waals surface area contributed by atoms with Crippen molar-refractivity contribution >= 4 is 23.3 Å². The molecule has 20 heavy (non-hydrogen) atoms. The van der Waals surface area contributed by atoms with Crippen LogP contribution < -0.4 is 5.32 Å². The lowest BCUT2D eigenvalue weighted by Gasteiger charge is -2.37. The van der Waals surface area contributed by atoms with Crippen LogP contribution in [0.5, 0.6) is 0 Å². The number of nitrogens with one attached hydrogen (secondary N) is 1. The molecule has 1 aromatic rings. The van der Waals surface area contributed by atoms with Crippen molar-refractivity contribution in [3.8, 4) is 0 Å². The Labute approximate surface area is 121 Å². The molecule has 1 fully saturated rings. The van der Waals surface area contributed by atoms with Crippen LogP contribution in [0.3, 0.4) is 0 Å². The Hall–Kier alpha value is -1.63. The van der Waals surface area contributed by atoms with Gasteiger partial charge in [0.15, 0.2) is 0 Å². The fraction of sp³-hybridized carbons (Fsp3) is 0.615. The molecule has 0 aromatic carbocycles. The maximum atomic E-state index is 12.0. The van der Waals surface area contributed by atoms with E-state index in [0.717, 1.165) is 17.0 Å². The predicted molar refractivity (Wildman–Crippen MR) is 75.6 cm³/mol. The van der Waals surface area contributed by atoms with Gasteiger partial charge in [0.2, 0.25) is 0 Å². The second-order valence-corrected chi connectivity index (χ2v) is 6.25. The Balaban J connectivity index is 1.85. The summed E-state index contributed by atoms with van der Waals surface area (Å²) in [4.78, 5) is 29.9. The van der Waals surface area contributed by atoms with Crippen LogP contribution in [-0.2, 0) is 11.3 Å². The molecule has 0 bridgehead atoms. The highest BCUT2D eigenvalue weighted by molar-refractivity contribution is 7.09. The molecule has 7 heteroatoms. The fourth-order valence-corrected chi connectivity index (χ4v) is 3.04. The molecule has 2 rings (SSSR count). The average Bonchev–Trinajstić information content (AvgIpc) is 2.72. The molecule has 0 atom stereocenters. The van der Waals surface area contributed by atoms with Gasteiger partial charge in [-0.1, -0.05) is 6.42 Å². The van der Waals surface area contributed by atoms with E-state index in [-0.39, 0.29) is 12.6 Å². The van der Waals surface area contributed by atoms with E-state index in [2.05, 4.69) is 10.3 Å². The molecule has 0 spiro atoms. The summed E-state index contributed by atoms with van der Waals surface area (Å²) < 4.78 is 0. The second-order valence-electron chi connectivity index (χ2n) is 5.31. The quantitative estimate of drug-likeness (QED) is 0.869. The summed E-state index contributed by atoms with van der Waals surface area (Å²) >= 11 is 1.51. The fourth-order valence-electron chi connectivity index (χ4n) is 2.21. The van der Waals surface area contributed by atoms with Crippen LogP contribution in [0.1, 0.15) is 29.8 Å². The minimum atomic E-state index is -0.815. The predicted octanol–water partition coefficient (Wildman–Crippen LogP) is 1.85. The third-order valence-electron chi connectivity index (χ3n) is 3.91. The third kappa shape index (κ3) is 2.92. The van der Waals surface area contributed by atoms with E-state index >= 15 is 0 Å². The number of amides is 2. The molecule has 1 saturated carbocycles. The molecule has 1 aliphatic carbocycles. The van der Waals surface area contributed by atoms with Crippen LogP contribution >= 0.6 is 11.3 Å². The highest BCUT2D eigenvalue weighted by atomic mass is 32.1. The summed E-state index contributed by atoms with van der Waals surface area (Å²) in [5.74, 6) is -0.815. The van der Waals surface area contributed by atoms with E-state index in [0.29, 0.717) is 19.4 Å². The van der Waals surface area contributed by atoms with Gasteiger partial charge in [0.05, 0.1) is 23.2 Å². The minimum Gasteiger partial charge on any atom is -0.481 e. The van der Waals surface area contributed by atoms with Gasteiger partial charge in [-0.3, -0.25) is 4.79 Å². The molecule has 0 aliphatic heterocycles. The van der Waals surface area contributed by atoms with Gasteiger partial charge in [-0.2, -0.15) is 0 Å². The zero-order valence-corrected chi connectivity index (χ0v) is 12.5. The van der Waals surface area contributed by atoms with E-state index in [4.69, 9.17) is 0 Å². The summed E-state index contributed by atoms with van der Waals surface area (Å²) in [5.41, 5.74) is 1.93. The van der Waals surface area contributed by atoms with E-state index in [1.54, 1.807) is 17.5 Å². The zero-order chi connectivity index (χ0) is 14.8. The average molecular weight is 297 g/mol. The molecule has 0 saturated heterocycles. The number of carboxylic acids is 1. The first-order valence-electron chi connectivity index (χ1n) is 6.56. The van der Waals surface area contributed by atoms with Gasteiger partial charge in [0.1, 0.15) is 0 Å². The SMILES string of the molecule is Cc1ncsc1CN(C)C(=O)NCC1(C(=O)O)CCC1. The number of thiazole rings is 1. The Bertz CT molecular complexity index is 511. The summed E-state index contributed by atoms with van der Waals surface area (Å²) in [7, 11) is 1.70. The maximum absolute atomic E-state index is 12.0. The van der Waals surface area contributed by atoms with Crippen molar-refractivity contribution in [3.63, 3.8) is 0 Å². The number of carbonyl (C=O) groups excluding carboxylic acids is 1. The summed E-state index contributed by atoms with van der Waals surface area (Å²) in [5, 5.41) is 11.9. The van der Waals surface area contributed by atoms with E-state index in [1.807, 2.05) is 6.92 Å². The molecule has 2 amide bonds. The lowest BCUT2D eigenvalue weighted by atomic mass is 9.69. The number of hydrogen-bond acceptors (Lipinski definition) is 4. The van der Waals surface area contributed by atoms with Gasteiger partial charge >= 0.3 is 12.0 Å². The Morgan fingerprint density at radius 3 is 2.70 bits per heavy atom. The largest absolute Gasteiger partial charge is 0.481 e. The van der Waals surface area contributed by atoms with Crippen LogP contribution in [0.2, 0.25) is 0 Å². The maximum Gasteiger partial charge on any atom is 0.317 e. The number of hydrogen-bond donors (Lipinski definition) is 2. The van der Waals surface area contributed by atoms with Crippen LogP contribution in [0.15, 0.2) is 5.51 Å². The van der Waals surface area contributed by atoms with Crippen molar-refractivity contribution < 1.29 is 14.7 Å². The van der Waals surface area contributed by atoms with Crippen molar-refractivity contribution in [2.45, 2.75) is 32.7 Å². The smallest absolute Gasteiger partial charge is 0.317 e. The van der Waals surface area contributed by atoms with E-state index in [9.17, 15) is 14.7 Å². The molecule has 1 heterocycles. The lowest BCUT2D eigenvalue weighted by molar-refractivity contribution is -0.153. The highest BCUT2D eigenvalue weighted by Gasteiger charge is 2.44. The van der Waals surface area contributed by atoms with E-state index in [1.165, 1.54) is 11.3 Å². The molecule has 2 N–H and O–H groups in total. The second kappa shape index (κ2) is 5.78. The number of aliphatic carboxylic acids is 1. The Morgan fingerprint density at radius 2 is 2.25 bits per heavy atom. The van der Waals surface area contributed by atoms with E-state index < -0.39 is 11.4 Å². The third-order valence-corrected chi connectivity index (χ3v) is 4.83. The first kappa shape index (κ1) is 14.8. The summed E-state index contributed by atoms with van der Waals surface area (Å²) in [6, 6.07) is -0.245. The van der Waals surface area contributed by atoms with Gasteiger partial charge in [-0.05, 0) is 19.8 Å². The van der Waals surface area contributed by atoms with Gasteiger partial charge in [0, 0.05) is 18.5 Å². The number of nitrogens with zero attached hydrogens (tertiary/aromatic N) is 2. The van der Waals surface area contributed by atoms with Crippen molar-refractivity contribution in [1.29, 1.82) is 0 Å². The number of carbonyl (C=O) groups is 2. The van der Waals surface area contributed by atoms with Crippen molar-refractivity contribution in [3.05, 3.63) is 16.1 Å². The first-order chi connectivity index (χ1) is 9.44. The van der Waals surface area contributed by atoms with Gasteiger partial charge in [0.25, 0.3) is 0 Å². The molecule has 0 radical (unpaired) electrons. The normalized spacial score (nSPS) is 16.3. The molecule has 110 valence electrons. The highest BCUT2D eigenvalue weighted by Crippen LogP contribution is 2.40. The number of aryl methyl sites for hydroxylation is 1. The van der Waals surface area contributed by atoms with Crippen molar-refractivity contribution in [2.75, 3.05) is 13.6 Å². The Kier molecular flexibility index (Phi) is 4.27. The van der Waals surface area contributed by atoms with Gasteiger partial charge in [-0.15, -0.1) is 11.3 Å². The lowest BCUT2D eigenvalue weighted by Crippen LogP contribution is -2.49. The van der Waals surface area contributed by atoms with Crippen molar-refractivity contribution in [2.24, 2.45) is 5.41 Å². The Morgan fingerprint density at radius 1 is 1.55 bits per heavy atom. The molecular formula is C13H19N3O3S. The van der Waals surface area contributed by atoms with Gasteiger partial charge < -0.3 is 15.3 Å². The van der Waals surface area contributed by atoms with Crippen LogP contribution in [0.4, 0.5) is 4.79 Å². The molecule has 1 aliphatic rings. The monoisotopic (exact) mass is 297 g/mol. The van der Waals surface area contributed by atoms with Gasteiger partial charge in [-0.25, -0.2) is 9.78 Å². The number of rotatable bonds is 5. The van der Waals surface area contributed by atoms with Crippen LogP contribution in [-0.4, -0.2) is 40.6 Å². The molecule has 1 aromatic heterocycles. The summed E-state index contributed by atoms with van der Waals surface area (Å²) in [6.45, 7) is 2.60. The summed E-state index contributed by atoms with van der Waals surface area (Å²) in [6.07, 6.45) is 2.19. The molecular weight excluding hydrogens is 278 g/mol. The van der Waals surface area contributed by atoms with Crippen molar-refractivity contribution in [1.82, 2.24) is 15.2 Å². The number of urea groups is 1. The number of carboxylic acid groups (broad SMARTS) is 1. The zero-order valence-electron chi connectivity index (χ0n) is 11.7. The molecule has 0 unspecified atom stereocenters.